The Bertz CT molecular complexity index is 2340. The smallest absolute Gasteiger partial charge is 0.160 e. The van der Waals surface area contributed by atoms with E-state index in [0.717, 1.165) is 67.7 Å². The summed E-state index contributed by atoms with van der Waals surface area (Å²) in [5.74, 6) is 2.53. The lowest BCUT2D eigenvalue weighted by atomic mass is 9.92. The van der Waals surface area contributed by atoms with Crippen LogP contribution in [-0.4, -0.2) is 9.97 Å². The molecule has 3 nitrogen and oxygen atoms in total. The molecule has 0 amide bonds. The molecule has 0 bridgehead atoms. The highest BCUT2D eigenvalue weighted by Gasteiger charge is 2.20. The minimum atomic E-state index is 0.719. The van der Waals surface area contributed by atoms with E-state index in [0.29, 0.717) is 0 Å². The summed E-state index contributed by atoms with van der Waals surface area (Å²) in [6.07, 6.45) is 0. The van der Waals surface area contributed by atoms with E-state index < -0.39 is 0 Å². The maximum atomic E-state index is 6.31. The molecule has 0 aliphatic carbocycles. The largest absolute Gasteiger partial charge is 0.456 e. The summed E-state index contributed by atoms with van der Waals surface area (Å²) in [6.45, 7) is 0. The van der Waals surface area contributed by atoms with E-state index in [1.165, 1.54) is 21.9 Å². The molecule has 0 fully saturated rings. The number of ether oxygens (including phenoxy) is 1. The van der Waals surface area contributed by atoms with E-state index in [-0.39, 0.29) is 0 Å². The van der Waals surface area contributed by atoms with Gasteiger partial charge >= 0.3 is 0 Å². The van der Waals surface area contributed by atoms with E-state index in [2.05, 4.69) is 127 Å². The monoisotopic (exact) mass is 600 g/mol. The van der Waals surface area contributed by atoms with Crippen molar-refractivity contribution < 1.29 is 4.74 Å². The SMILES string of the molecule is c1ccc(-c2cc(-c3ccc(-c4ccc(-c5ccc6c(c5)-c5cccc7cccc(c57)O6)cc4)cc3)nc(-c3ccccc3)n2)cc1. The Morgan fingerprint density at radius 3 is 1.53 bits per heavy atom. The molecular weight excluding hydrogens is 572 g/mol. The Morgan fingerprint density at radius 1 is 0.340 bits per heavy atom. The average molecular weight is 601 g/mol. The van der Waals surface area contributed by atoms with Gasteiger partial charge in [-0.1, -0.05) is 146 Å². The fourth-order valence-electron chi connectivity index (χ4n) is 6.50. The summed E-state index contributed by atoms with van der Waals surface area (Å²) in [5.41, 5.74) is 11.9. The highest BCUT2D eigenvalue weighted by molar-refractivity contribution is 6.04. The molecule has 0 radical (unpaired) electrons. The van der Waals surface area contributed by atoms with Crippen molar-refractivity contribution in [3.05, 3.63) is 170 Å². The first-order chi connectivity index (χ1) is 23.3. The minimum Gasteiger partial charge on any atom is -0.456 e. The van der Waals surface area contributed by atoms with E-state index >= 15 is 0 Å². The molecule has 47 heavy (non-hydrogen) atoms. The molecule has 0 saturated heterocycles. The number of rotatable bonds is 5. The molecule has 0 saturated carbocycles. The van der Waals surface area contributed by atoms with Gasteiger partial charge in [0.1, 0.15) is 11.5 Å². The maximum absolute atomic E-state index is 6.31. The maximum Gasteiger partial charge on any atom is 0.160 e. The zero-order valence-corrected chi connectivity index (χ0v) is 25.5. The third-order valence-electron chi connectivity index (χ3n) is 8.92. The van der Waals surface area contributed by atoms with Gasteiger partial charge < -0.3 is 4.74 Å². The highest BCUT2D eigenvalue weighted by Crippen LogP contribution is 2.47. The van der Waals surface area contributed by atoms with E-state index in [1.807, 2.05) is 42.5 Å². The molecule has 9 rings (SSSR count). The van der Waals surface area contributed by atoms with Crippen LogP contribution in [0.5, 0.6) is 11.5 Å². The normalized spacial score (nSPS) is 11.6. The van der Waals surface area contributed by atoms with Crippen molar-refractivity contribution >= 4 is 10.8 Å². The van der Waals surface area contributed by atoms with Gasteiger partial charge in [0.25, 0.3) is 0 Å². The van der Waals surface area contributed by atoms with Crippen molar-refractivity contribution in [1.82, 2.24) is 9.97 Å². The van der Waals surface area contributed by atoms with Crippen molar-refractivity contribution in [3.8, 4) is 78.8 Å². The molecule has 0 N–H and O–H groups in total. The topological polar surface area (TPSA) is 35.0 Å². The predicted octanol–water partition coefficient (Wildman–Crippen LogP) is 11.7. The van der Waals surface area contributed by atoms with Crippen molar-refractivity contribution in [2.45, 2.75) is 0 Å². The van der Waals surface area contributed by atoms with Gasteiger partial charge in [-0.25, -0.2) is 9.97 Å². The van der Waals surface area contributed by atoms with Crippen molar-refractivity contribution in [2.24, 2.45) is 0 Å². The van der Waals surface area contributed by atoms with Crippen LogP contribution in [0.25, 0.3) is 78.1 Å². The Morgan fingerprint density at radius 2 is 0.872 bits per heavy atom. The number of aromatic nitrogens is 2. The van der Waals surface area contributed by atoms with Gasteiger partial charge in [-0.05, 0) is 57.5 Å². The molecule has 0 spiro atoms. The van der Waals surface area contributed by atoms with Gasteiger partial charge in [-0.15, -0.1) is 0 Å². The van der Waals surface area contributed by atoms with Crippen LogP contribution in [0.15, 0.2) is 170 Å². The molecule has 7 aromatic carbocycles. The van der Waals surface area contributed by atoms with Crippen LogP contribution in [0.4, 0.5) is 0 Å². The molecule has 0 atom stereocenters. The van der Waals surface area contributed by atoms with E-state index in [1.54, 1.807) is 0 Å². The summed E-state index contributed by atoms with van der Waals surface area (Å²) >= 11 is 0. The second-order valence-corrected chi connectivity index (χ2v) is 11.8. The average Bonchev–Trinajstić information content (AvgIpc) is 3.16. The van der Waals surface area contributed by atoms with Gasteiger partial charge in [-0.3, -0.25) is 0 Å². The van der Waals surface area contributed by atoms with Gasteiger partial charge in [0.2, 0.25) is 0 Å². The number of benzene rings is 7. The Hall–Kier alpha value is -6.32. The van der Waals surface area contributed by atoms with Gasteiger partial charge in [0.05, 0.1) is 11.4 Å². The van der Waals surface area contributed by atoms with Gasteiger partial charge in [0.15, 0.2) is 5.82 Å². The molecule has 1 aliphatic heterocycles. The van der Waals surface area contributed by atoms with Crippen LogP contribution in [0.3, 0.4) is 0 Å². The molecule has 3 heteroatoms. The fourth-order valence-corrected chi connectivity index (χ4v) is 6.50. The number of hydrogen-bond donors (Lipinski definition) is 0. The predicted molar refractivity (Wildman–Crippen MR) is 192 cm³/mol. The quantitative estimate of drug-likeness (QED) is 0.197. The number of hydrogen-bond acceptors (Lipinski definition) is 3. The summed E-state index contributed by atoms with van der Waals surface area (Å²) < 4.78 is 6.31. The number of nitrogens with zero attached hydrogens (tertiary/aromatic N) is 2. The lowest BCUT2D eigenvalue weighted by Crippen LogP contribution is -1.97. The second-order valence-electron chi connectivity index (χ2n) is 11.8. The van der Waals surface area contributed by atoms with Crippen LogP contribution >= 0.6 is 0 Å². The lowest BCUT2D eigenvalue weighted by Gasteiger charge is -2.22. The highest BCUT2D eigenvalue weighted by atomic mass is 16.5. The standard InChI is InChI=1S/C44H28N2O/c1-3-9-32(10-4-1)39-28-40(46-44(45-39)35-11-5-2-6-12-35)33-23-21-30(22-24-33)29-17-19-31(20-18-29)36-25-26-41-38(27-36)37-15-7-13-34-14-8-16-42(47-41)43(34)37/h1-28H. The Balaban J connectivity index is 1.02. The van der Waals surface area contributed by atoms with E-state index in [9.17, 15) is 0 Å². The summed E-state index contributed by atoms with van der Waals surface area (Å²) in [5, 5.41) is 2.37. The molecule has 0 unspecified atom stereocenters. The zero-order valence-electron chi connectivity index (χ0n) is 25.5. The zero-order chi connectivity index (χ0) is 31.2. The van der Waals surface area contributed by atoms with Crippen LogP contribution in [0.1, 0.15) is 0 Å². The number of fused-ring (bicyclic) bond motifs is 2. The van der Waals surface area contributed by atoms with Gasteiger partial charge in [0, 0.05) is 27.6 Å². The summed E-state index contributed by atoms with van der Waals surface area (Å²) in [4.78, 5) is 9.91. The van der Waals surface area contributed by atoms with Crippen LogP contribution in [0, 0.1) is 0 Å². The van der Waals surface area contributed by atoms with Crippen LogP contribution in [0.2, 0.25) is 0 Å². The van der Waals surface area contributed by atoms with Gasteiger partial charge in [-0.2, -0.15) is 0 Å². The first-order valence-corrected chi connectivity index (χ1v) is 15.8. The molecule has 1 aliphatic rings. The van der Waals surface area contributed by atoms with Crippen molar-refractivity contribution in [2.75, 3.05) is 0 Å². The summed E-state index contributed by atoms with van der Waals surface area (Å²) in [6, 6.07) is 59.1. The van der Waals surface area contributed by atoms with E-state index in [4.69, 9.17) is 14.7 Å². The molecular formula is C44H28N2O. The lowest BCUT2D eigenvalue weighted by molar-refractivity contribution is 0.487. The van der Waals surface area contributed by atoms with Crippen molar-refractivity contribution in [3.63, 3.8) is 0 Å². The van der Waals surface area contributed by atoms with Crippen LogP contribution in [-0.2, 0) is 0 Å². The van der Waals surface area contributed by atoms with Crippen LogP contribution < -0.4 is 4.74 Å². The second kappa shape index (κ2) is 11.2. The third kappa shape index (κ3) is 4.95. The first kappa shape index (κ1) is 27.0. The Kier molecular flexibility index (Phi) is 6.46. The fraction of sp³-hybridized carbons (Fsp3) is 0. The molecule has 8 aromatic rings. The van der Waals surface area contributed by atoms with Crippen molar-refractivity contribution in [1.29, 1.82) is 0 Å². The third-order valence-corrected chi connectivity index (χ3v) is 8.92. The molecule has 1 aromatic heterocycles. The molecule has 220 valence electrons. The minimum absolute atomic E-state index is 0.719. The summed E-state index contributed by atoms with van der Waals surface area (Å²) in [7, 11) is 0. The molecule has 2 heterocycles. The first-order valence-electron chi connectivity index (χ1n) is 15.8. The Labute approximate surface area is 273 Å².